The number of benzene rings is 1. The second-order valence-electron chi connectivity index (χ2n) is 9.20. The van der Waals surface area contributed by atoms with Gasteiger partial charge in [-0.1, -0.05) is 63.6 Å². The van der Waals surface area contributed by atoms with E-state index in [1.54, 1.807) is 0 Å². The summed E-state index contributed by atoms with van der Waals surface area (Å²) >= 11 is 0. The minimum absolute atomic E-state index is 0.0336. The molecule has 1 atom stereocenters. The van der Waals surface area contributed by atoms with Crippen molar-refractivity contribution >= 4 is 5.78 Å². The molecule has 1 heterocycles. The van der Waals surface area contributed by atoms with Crippen molar-refractivity contribution in [2.45, 2.75) is 65.2 Å². The van der Waals surface area contributed by atoms with Gasteiger partial charge in [-0.05, 0) is 30.2 Å². The molecule has 0 bridgehead atoms. The van der Waals surface area contributed by atoms with E-state index in [1.807, 2.05) is 6.07 Å². The van der Waals surface area contributed by atoms with Gasteiger partial charge in [-0.3, -0.25) is 9.89 Å². The Morgan fingerprint density at radius 1 is 1.08 bits per heavy atom. The van der Waals surface area contributed by atoms with Gasteiger partial charge in [-0.15, -0.1) is 0 Å². The number of carbonyl (C=O) groups excluding carboxylic acids is 1. The highest BCUT2D eigenvalue weighted by atomic mass is 16.1. The summed E-state index contributed by atoms with van der Waals surface area (Å²) in [6, 6.07) is 10.5. The Morgan fingerprint density at radius 3 is 2.42 bits per heavy atom. The number of hydrogen-bond donors (Lipinski definition) is 1. The van der Waals surface area contributed by atoms with Crippen LogP contribution in [0.3, 0.4) is 0 Å². The van der Waals surface area contributed by atoms with E-state index in [-0.39, 0.29) is 5.41 Å². The molecule has 2 aliphatic rings. The molecule has 1 aromatic carbocycles. The zero-order valence-electron chi connectivity index (χ0n) is 16.4. The normalized spacial score (nSPS) is 24.6. The predicted molar refractivity (Wildman–Crippen MR) is 104 cm³/mol. The van der Waals surface area contributed by atoms with Crippen LogP contribution in [0.2, 0.25) is 0 Å². The number of aromatic amines is 1. The topological polar surface area (TPSA) is 45.8 Å². The number of allylic oxidation sites excluding steroid dienone is 2. The zero-order chi connectivity index (χ0) is 18.7. The van der Waals surface area contributed by atoms with Crippen LogP contribution >= 0.6 is 0 Å². The number of H-pyrrole nitrogens is 1. The van der Waals surface area contributed by atoms with E-state index in [0.717, 1.165) is 24.1 Å². The number of Topliss-reactive ketones (excluding diaryl/α,β-unsaturated/α-hetero) is 1. The van der Waals surface area contributed by atoms with Crippen LogP contribution in [0.25, 0.3) is 0 Å². The van der Waals surface area contributed by atoms with E-state index in [1.165, 1.54) is 22.4 Å². The van der Waals surface area contributed by atoms with Crippen molar-refractivity contribution in [1.82, 2.24) is 10.2 Å². The van der Waals surface area contributed by atoms with Crippen molar-refractivity contribution < 1.29 is 4.79 Å². The molecular weight excluding hydrogens is 320 g/mol. The van der Waals surface area contributed by atoms with E-state index < -0.39 is 5.41 Å². The smallest absolute Gasteiger partial charge is 0.160 e. The number of carbonyl (C=O) groups is 1. The number of nitrogens with one attached hydrogen (secondary N) is 1. The lowest BCUT2D eigenvalue weighted by atomic mass is 9.58. The SMILES string of the molecule is CC(C)c1n[nH]c2c1C(C)(c1ccccc1)C1=C(C2)CC(C)(C)CC1=O. The Hall–Kier alpha value is -2.16. The molecule has 2 aliphatic carbocycles. The predicted octanol–water partition coefficient (Wildman–Crippen LogP) is 5.08. The molecule has 3 heteroatoms. The third-order valence-electron chi connectivity index (χ3n) is 6.12. The molecule has 0 radical (unpaired) electrons. The lowest BCUT2D eigenvalue weighted by Crippen LogP contribution is -2.41. The van der Waals surface area contributed by atoms with Gasteiger partial charge in [-0.25, -0.2) is 0 Å². The largest absolute Gasteiger partial charge is 0.294 e. The maximum atomic E-state index is 13.4. The summed E-state index contributed by atoms with van der Waals surface area (Å²) in [4.78, 5) is 13.4. The lowest BCUT2D eigenvalue weighted by Gasteiger charge is -2.44. The van der Waals surface area contributed by atoms with Crippen LogP contribution in [0.1, 0.15) is 75.9 Å². The number of rotatable bonds is 2. The summed E-state index contributed by atoms with van der Waals surface area (Å²) in [5.41, 5.74) is 6.62. The second-order valence-corrected chi connectivity index (χ2v) is 9.20. The summed E-state index contributed by atoms with van der Waals surface area (Å²) in [5.74, 6) is 0.625. The van der Waals surface area contributed by atoms with E-state index in [4.69, 9.17) is 0 Å². The fraction of sp³-hybridized carbons (Fsp3) is 0.478. The van der Waals surface area contributed by atoms with Gasteiger partial charge < -0.3 is 0 Å². The van der Waals surface area contributed by atoms with Crippen LogP contribution in [0, 0.1) is 5.41 Å². The summed E-state index contributed by atoms with van der Waals surface area (Å²) < 4.78 is 0. The first kappa shape index (κ1) is 17.3. The maximum absolute atomic E-state index is 13.4. The average molecular weight is 348 g/mol. The molecule has 0 fully saturated rings. The number of ketones is 1. The Bertz CT molecular complexity index is 902. The van der Waals surface area contributed by atoms with Crippen molar-refractivity contribution in [2.24, 2.45) is 5.41 Å². The molecular formula is C23H28N2O. The standard InChI is InChI=1S/C23H28N2O/c1-14(2)21-20-17(24-25-21)11-15-12-22(3,4)13-18(26)19(15)23(20,5)16-9-7-6-8-10-16/h6-10,14H,11-13H2,1-5H3,(H,24,25). The first-order valence-electron chi connectivity index (χ1n) is 9.63. The molecule has 0 spiro atoms. The molecule has 1 aromatic heterocycles. The Morgan fingerprint density at radius 2 is 1.77 bits per heavy atom. The highest BCUT2D eigenvalue weighted by Crippen LogP contribution is 2.53. The lowest BCUT2D eigenvalue weighted by molar-refractivity contribution is -0.118. The van der Waals surface area contributed by atoms with Crippen molar-refractivity contribution in [3.05, 3.63) is 64.0 Å². The molecule has 4 rings (SSSR count). The Balaban J connectivity index is 2.03. The van der Waals surface area contributed by atoms with Gasteiger partial charge >= 0.3 is 0 Å². The van der Waals surface area contributed by atoms with Crippen LogP contribution < -0.4 is 0 Å². The monoisotopic (exact) mass is 348 g/mol. The first-order valence-corrected chi connectivity index (χ1v) is 9.63. The minimum Gasteiger partial charge on any atom is -0.294 e. The van der Waals surface area contributed by atoms with Gasteiger partial charge in [0.05, 0.1) is 5.69 Å². The fourth-order valence-electron chi connectivity index (χ4n) is 5.13. The summed E-state index contributed by atoms with van der Waals surface area (Å²) in [6.45, 7) is 11.0. The third-order valence-corrected chi connectivity index (χ3v) is 6.12. The molecule has 0 aliphatic heterocycles. The van der Waals surface area contributed by atoms with Crippen molar-refractivity contribution in [3.63, 3.8) is 0 Å². The van der Waals surface area contributed by atoms with Crippen molar-refractivity contribution in [2.75, 3.05) is 0 Å². The highest BCUT2D eigenvalue weighted by molar-refractivity contribution is 6.01. The zero-order valence-corrected chi connectivity index (χ0v) is 16.4. The van der Waals surface area contributed by atoms with Crippen LogP contribution in [0.4, 0.5) is 0 Å². The van der Waals surface area contributed by atoms with E-state index in [2.05, 4.69) is 69.1 Å². The van der Waals surface area contributed by atoms with Gasteiger partial charge in [0.25, 0.3) is 0 Å². The fourth-order valence-corrected chi connectivity index (χ4v) is 5.13. The molecule has 1 unspecified atom stereocenters. The highest BCUT2D eigenvalue weighted by Gasteiger charge is 2.49. The van der Waals surface area contributed by atoms with Gasteiger partial charge in [0, 0.05) is 35.1 Å². The molecule has 3 nitrogen and oxygen atoms in total. The van der Waals surface area contributed by atoms with Gasteiger partial charge in [0.15, 0.2) is 5.78 Å². The molecule has 0 saturated carbocycles. The average Bonchev–Trinajstić information content (AvgIpc) is 2.98. The Kier molecular flexibility index (Phi) is 3.76. The van der Waals surface area contributed by atoms with Crippen LogP contribution in [0.5, 0.6) is 0 Å². The molecule has 26 heavy (non-hydrogen) atoms. The molecule has 0 amide bonds. The first-order chi connectivity index (χ1) is 12.2. The summed E-state index contributed by atoms with van der Waals surface area (Å²) in [6.07, 6.45) is 2.42. The molecule has 0 saturated heterocycles. The van der Waals surface area contributed by atoms with Crippen LogP contribution in [-0.2, 0) is 16.6 Å². The van der Waals surface area contributed by atoms with Crippen molar-refractivity contribution in [1.29, 1.82) is 0 Å². The molecule has 2 aromatic rings. The number of aromatic nitrogens is 2. The van der Waals surface area contributed by atoms with Crippen LogP contribution in [0.15, 0.2) is 41.5 Å². The van der Waals surface area contributed by atoms with Crippen molar-refractivity contribution in [3.8, 4) is 0 Å². The van der Waals surface area contributed by atoms with Gasteiger partial charge in [-0.2, -0.15) is 5.10 Å². The van der Waals surface area contributed by atoms with Gasteiger partial charge in [0.2, 0.25) is 0 Å². The summed E-state index contributed by atoms with van der Waals surface area (Å²) in [5, 5.41) is 7.99. The van der Waals surface area contributed by atoms with Crippen LogP contribution in [-0.4, -0.2) is 16.0 Å². The maximum Gasteiger partial charge on any atom is 0.160 e. The second kappa shape index (κ2) is 5.67. The van der Waals surface area contributed by atoms with E-state index >= 15 is 0 Å². The number of hydrogen-bond acceptors (Lipinski definition) is 2. The summed E-state index contributed by atoms with van der Waals surface area (Å²) in [7, 11) is 0. The van der Waals surface area contributed by atoms with Gasteiger partial charge in [0.1, 0.15) is 0 Å². The Labute approximate surface area is 155 Å². The minimum atomic E-state index is -0.426. The van der Waals surface area contributed by atoms with E-state index in [9.17, 15) is 4.79 Å². The van der Waals surface area contributed by atoms with E-state index in [0.29, 0.717) is 18.1 Å². The number of fused-ring (bicyclic) bond motifs is 1. The molecule has 136 valence electrons. The molecule has 1 N–H and O–H groups in total. The third kappa shape index (κ3) is 2.40. The quantitative estimate of drug-likeness (QED) is 0.822. The number of nitrogens with zero attached hydrogens (tertiary/aromatic N) is 1.